The SMILES string of the molecule is COCc1nc(C=Cc2ccccc2OCC2CO2)cs1. The summed E-state index contributed by atoms with van der Waals surface area (Å²) in [5, 5.41) is 3.00. The third kappa shape index (κ3) is 4.14. The molecule has 0 N–H and O–H groups in total. The van der Waals surface area contributed by atoms with Crippen LogP contribution in [0.3, 0.4) is 0 Å². The predicted octanol–water partition coefficient (Wildman–Crippen LogP) is 3.24. The van der Waals surface area contributed by atoms with E-state index in [1.165, 1.54) is 0 Å². The average Bonchev–Trinajstić information content (AvgIpc) is 3.23. The summed E-state index contributed by atoms with van der Waals surface area (Å²) in [4.78, 5) is 4.47. The third-order valence-corrected chi connectivity index (χ3v) is 3.86. The Morgan fingerprint density at radius 1 is 1.38 bits per heavy atom. The number of benzene rings is 1. The summed E-state index contributed by atoms with van der Waals surface area (Å²) >= 11 is 1.60. The summed E-state index contributed by atoms with van der Waals surface area (Å²) in [6, 6.07) is 7.97. The van der Waals surface area contributed by atoms with Gasteiger partial charge in [-0.25, -0.2) is 4.98 Å². The number of aromatic nitrogens is 1. The summed E-state index contributed by atoms with van der Waals surface area (Å²) in [5.74, 6) is 0.872. The molecule has 2 aromatic rings. The molecule has 5 heteroatoms. The molecule has 1 aromatic carbocycles. The molecule has 1 atom stereocenters. The number of rotatable bonds is 7. The van der Waals surface area contributed by atoms with Crippen LogP contribution in [0.4, 0.5) is 0 Å². The number of methoxy groups -OCH3 is 1. The standard InChI is InChI=1S/C16H17NO3S/c1-18-10-16-17-13(11-21-16)7-6-12-4-2-3-5-15(12)20-9-14-8-19-14/h2-7,11,14H,8-10H2,1H3. The van der Waals surface area contributed by atoms with Crippen LogP contribution in [0, 0.1) is 0 Å². The molecule has 1 aliphatic rings. The van der Waals surface area contributed by atoms with Crippen molar-refractivity contribution >= 4 is 23.5 Å². The van der Waals surface area contributed by atoms with E-state index in [9.17, 15) is 0 Å². The maximum Gasteiger partial charge on any atom is 0.126 e. The Morgan fingerprint density at radius 2 is 2.24 bits per heavy atom. The van der Waals surface area contributed by atoms with Gasteiger partial charge in [-0.3, -0.25) is 0 Å². The normalized spacial score (nSPS) is 17.3. The molecule has 1 unspecified atom stereocenters. The highest BCUT2D eigenvalue weighted by molar-refractivity contribution is 7.09. The van der Waals surface area contributed by atoms with Crippen LogP contribution >= 0.6 is 11.3 Å². The van der Waals surface area contributed by atoms with Crippen molar-refractivity contribution in [3.63, 3.8) is 0 Å². The maximum atomic E-state index is 5.78. The monoisotopic (exact) mass is 303 g/mol. The van der Waals surface area contributed by atoms with E-state index in [2.05, 4.69) is 4.98 Å². The molecule has 0 radical (unpaired) electrons. The van der Waals surface area contributed by atoms with Gasteiger partial charge in [-0.15, -0.1) is 11.3 Å². The first kappa shape index (κ1) is 14.3. The Labute approximate surface area is 128 Å². The maximum absolute atomic E-state index is 5.78. The van der Waals surface area contributed by atoms with Crippen molar-refractivity contribution < 1.29 is 14.2 Å². The quantitative estimate of drug-likeness (QED) is 0.737. The fourth-order valence-corrected chi connectivity index (χ4v) is 2.60. The van der Waals surface area contributed by atoms with E-state index in [1.54, 1.807) is 18.4 Å². The van der Waals surface area contributed by atoms with Crippen molar-refractivity contribution in [2.45, 2.75) is 12.7 Å². The van der Waals surface area contributed by atoms with E-state index >= 15 is 0 Å². The Kier molecular flexibility index (Phi) is 4.65. The molecule has 0 aliphatic carbocycles. The van der Waals surface area contributed by atoms with Crippen molar-refractivity contribution in [3.8, 4) is 5.75 Å². The number of para-hydroxylation sites is 1. The lowest BCUT2D eigenvalue weighted by atomic mass is 10.2. The topological polar surface area (TPSA) is 43.9 Å². The summed E-state index contributed by atoms with van der Waals surface area (Å²) < 4.78 is 16.0. The van der Waals surface area contributed by atoms with Crippen LogP contribution in [0.2, 0.25) is 0 Å². The van der Waals surface area contributed by atoms with Gasteiger partial charge < -0.3 is 14.2 Å². The fraction of sp³-hybridized carbons (Fsp3) is 0.312. The molecule has 0 saturated carbocycles. The molecule has 2 heterocycles. The fourth-order valence-electron chi connectivity index (χ4n) is 1.86. The first-order valence-electron chi connectivity index (χ1n) is 6.80. The first-order chi connectivity index (χ1) is 10.3. The van der Waals surface area contributed by atoms with Crippen LogP contribution in [-0.4, -0.2) is 31.4 Å². The zero-order chi connectivity index (χ0) is 14.5. The van der Waals surface area contributed by atoms with Crippen molar-refractivity contribution in [2.24, 2.45) is 0 Å². The van der Waals surface area contributed by atoms with Gasteiger partial charge in [0.05, 0.1) is 18.9 Å². The number of thiazole rings is 1. The van der Waals surface area contributed by atoms with E-state index in [0.29, 0.717) is 13.2 Å². The van der Waals surface area contributed by atoms with Crippen LogP contribution in [0.5, 0.6) is 5.75 Å². The van der Waals surface area contributed by atoms with E-state index in [1.807, 2.05) is 41.8 Å². The van der Waals surface area contributed by atoms with Gasteiger partial charge in [-0.2, -0.15) is 0 Å². The van der Waals surface area contributed by atoms with E-state index in [4.69, 9.17) is 14.2 Å². The molecule has 110 valence electrons. The van der Waals surface area contributed by atoms with Crippen LogP contribution in [0.25, 0.3) is 12.2 Å². The van der Waals surface area contributed by atoms with Gasteiger partial charge in [0, 0.05) is 18.1 Å². The zero-order valence-corrected chi connectivity index (χ0v) is 12.6. The van der Waals surface area contributed by atoms with E-state index in [0.717, 1.165) is 28.6 Å². The van der Waals surface area contributed by atoms with Gasteiger partial charge in [0.2, 0.25) is 0 Å². The molecule has 0 bridgehead atoms. The number of hydrogen-bond acceptors (Lipinski definition) is 5. The molecule has 0 spiro atoms. The summed E-state index contributed by atoms with van der Waals surface area (Å²) in [7, 11) is 1.67. The predicted molar refractivity (Wildman–Crippen MR) is 83.4 cm³/mol. The van der Waals surface area contributed by atoms with Crippen molar-refractivity contribution in [1.82, 2.24) is 4.98 Å². The minimum atomic E-state index is 0.261. The van der Waals surface area contributed by atoms with Crippen LogP contribution < -0.4 is 4.74 Å². The summed E-state index contributed by atoms with van der Waals surface area (Å²) in [6.45, 7) is 1.97. The van der Waals surface area contributed by atoms with Crippen LogP contribution in [-0.2, 0) is 16.1 Å². The second kappa shape index (κ2) is 6.85. The van der Waals surface area contributed by atoms with Crippen LogP contribution in [0.1, 0.15) is 16.3 Å². The van der Waals surface area contributed by atoms with E-state index < -0.39 is 0 Å². The largest absolute Gasteiger partial charge is 0.490 e. The van der Waals surface area contributed by atoms with Crippen molar-refractivity contribution in [2.75, 3.05) is 20.3 Å². The van der Waals surface area contributed by atoms with Gasteiger partial charge in [-0.05, 0) is 18.2 Å². The minimum absolute atomic E-state index is 0.261. The Balaban J connectivity index is 1.68. The third-order valence-electron chi connectivity index (χ3n) is 3.02. The molecule has 1 saturated heterocycles. The van der Waals surface area contributed by atoms with E-state index in [-0.39, 0.29) is 6.10 Å². The molecule has 0 amide bonds. The number of epoxide rings is 1. The second-order valence-corrected chi connectivity index (χ2v) is 5.68. The Bertz CT molecular complexity index is 619. The Morgan fingerprint density at radius 3 is 3.05 bits per heavy atom. The van der Waals surface area contributed by atoms with Crippen molar-refractivity contribution in [3.05, 3.63) is 45.9 Å². The Hall–Kier alpha value is -1.69. The molecule has 1 aliphatic heterocycles. The van der Waals surface area contributed by atoms with Gasteiger partial charge in [-0.1, -0.05) is 18.2 Å². The minimum Gasteiger partial charge on any atom is -0.490 e. The van der Waals surface area contributed by atoms with Crippen molar-refractivity contribution in [1.29, 1.82) is 0 Å². The molecule has 1 fully saturated rings. The highest BCUT2D eigenvalue weighted by atomic mass is 32.1. The highest BCUT2D eigenvalue weighted by Gasteiger charge is 2.23. The number of hydrogen-bond donors (Lipinski definition) is 0. The molecular weight excluding hydrogens is 286 g/mol. The summed E-state index contributed by atoms with van der Waals surface area (Å²) in [5.41, 5.74) is 1.98. The number of ether oxygens (including phenoxy) is 3. The smallest absolute Gasteiger partial charge is 0.126 e. The first-order valence-corrected chi connectivity index (χ1v) is 7.68. The number of nitrogens with zero attached hydrogens (tertiary/aromatic N) is 1. The molecular formula is C16H17NO3S. The molecule has 21 heavy (non-hydrogen) atoms. The van der Waals surface area contributed by atoms with Gasteiger partial charge in [0.1, 0.15) is 23.5 Å². The lowest BCUT2D eigenvalue weighted by Crippen LogP contribution is -2.04. The summed E-state index contributed by atoms with van der Waals surface area (Å²) in [6.07, 6.45) is 4.28. The lowest BCUT2D eigenvalue weighted by Gasteiger charge is -2.07. The average molecular weight is 303 g/mol. The molecule has 3 rings (SSSR count). The zero-order valence-electron chi connectivity index (χ0n) is 11.8. The lowest BCUT2D eigenvalue weighted by molar-refractivity contribution is 0.184. The second-order valence-electron chi connectivity index (χ2n) is 4.74. The molecule has 1 aromatic heterocycles. The highest BCUT2D eigenvalue weighted by Crippen LogP contribution is 2.22. The van der Waals surface area contributed by atoms with Gasteiger partial charge >= 0.3 is 0 Å². The van der Waals surface area contributed by atoms with Crippen LogP contribution in [0.15, 0.2) is 29.6 Å². The van der Waals surface area contributed by atoms with Gasteiger partial charge in [0.25, 0.3) is 0 Å². The van der Waals surface area contributed by atoms with Gasteiger partial charge in [0.15, 0.2) is 0 Å². The molecule has 4 nitrogen and oxygen atoms in total.